The number of nitrogens with zero attached hydrogens (tertiary/aromatic N) is 2. The van der Waals surface area contributed by atoms with Crippen LogP contribution in [0.25, 0.3) is 0 Å². The number of amides is 1. The summed E-state index contributed by atoms with van der Waals surface area (Å²) in [6.45, 7) is 1.79. The monoisotopic (exact) mass is 402 g/mol. The molecule has 10 heteroatoms. The normalized spacial score (nSPS) is 15.2. The van der Waals surface area contributed by atoms with E-state index in [0.717, 1.165) is 22.3 Å². The van der Waals surface area contributed by atoms with Crippen LogP contribution in [0.3, 0.4) is 0 Å². The minimum absolute atomic E-state index is 0.175. The van der Waals surface area contributed by atoms with Crippen LogP contribution in [-0.2, 0) is 4.79 Å². The van der Waals surface area contributed by atoms with Crippen LogP contribution in [0.15, 0.2) is 33.5 Å². The van der Waals surface area contributed by atoms with Gasteiger partial charge in [-0.05, 0) is 44.0 Å². The van der Waals surface area contributed by atoms with Gasteiger partial charge in [0.15, 0.2) is 4.34 Å². The molecule has 1 aromatic heterocycles. The number of carbonyl (C=O) groups excluding carboxylic acids is 1. The smallest absolute Gasteiger partial charge is 0.288 e. The summed E-state index contributed by atoms with van der Waals surface area (Å²) in [6.07, 6.45) is 2.32. The van der Waals surface area contributed by atoms with E-state index in [1.54, 1.807) is 31.2 Å². The first kappa shape index (κ1) is 18.4. The van der Waals surface area contributed by atoms with Gasteiger partial charge in [-0.15, -0.1) is 10.2 Å². The van der Waals surface area contributed by atoms with Crippen molar-refractivity contribution in [2.75, 3.05) is 10.6 Å². The minimum Gasteiger partial charge on any atom is -0.357 e. The van der Waals surface area contributed by atoms with Gasteiger partial charge in [0.05, 0.1) is 5.25 Å². The van der Waals surface area contributed by atoms with E-state index in [2.05, 4.69) is 20.8 Å². The van der Waals surface area contributed by atoms with Crippen LogP contribution in [0.1, 0.15) is 19.8 Å². The summed E-state index contributed by atoms with van der Waals surface area (Å²) in [6, 6.07) is 6.86. The van der Waals surface area contributed by atoms with Crippen LogP contribution in [0.5, 0.6) is 0 Å². The highest BCUT2D eigenvalue weighted by Crippen LogP contribution is 2.32. The first-order valence-corrected chi connectivity index (χ1v) is 10.2. The molecule has 0 bridgehead atoms. The van der Waals surface area contributed by atoms with Crippen molar-refractivity contribution in [3.63, 3.8) is 0 Å². The van der Waals surface area contributed by atoms with E-state index in [9.17, 15) is 13.6 Å². The van der Waals surface area contributed by atoms with Gasteiger partial charge in [0.2, 0.25) is 11.0 Å². The Morgan fingerprint density at radius 3 is 2.60 bits per heavy atom. The second-order valence-corrected chi connectivity index (χ2v) is 9.07. The molecule has 1 aliphatic rings. The number of carbonyl (C=O) groups is 1. The van der Waals surface area contributed by atoms with E-state index in [4.69, 9.17) is 0 Å². The number of aromatic nitrogens is 2. The van der Waals surface area contributed by atoms with E-state index in [1.165, 1.54) is 23.1 Å². The molecule has 134 valence electrons. The summed E-state index contributed by atoms with van der Waals surface area (Å²) >= 11 is 3.25. The zero-order valence-electron chi connectivity index (χ0n) is 13.2. The lowest BCUT2D eigenvalue weighted by Crippen LogP contribution is -2.22. The summed E-state index contributed by atoms with van der Waals surface area (Å²) in [5.74, 6) is -2.63. The van der Waals surface area contributed by atoms with E-state index in [1.807, 2.05) is 0 Å². The van der Waals surface area contributed by atoms with Crippen molar-refractivity contribution >= 4 is 51.6 Å². The highest BCUT2D eigenvalue weighted by atomic mass is 32.2. The number of nitrogens with one attached hydrogen (secondary N) is 2. The largest absolute Gasteiger partial charge is 0.357 e. The maximum absolute atomic E-state index is 12.3. The topological polar surface area (TPSA) is 66.9 Å². The second-order valence-electron chi connectivity index (χ2n) is 5.44. The molecule has 1 aliphatic carbocycles. The third-order valence-corrected chi connectivity index (χ3v) is 6.07. The lowest BCUT2D eigenvalue weighted by molar-refractivity contribution is -0.115. The van der Waals surface area contributed by atoms with Gasteiger partial charge in [0, 0.05) is 16.6 Å². The van der Waals surface area contributed by atoms with Gasteiger partial charge in [-0.25, -0.2) is 0 Å². The summed E-state index contributed by atoms with van der Waals surface area (Å²) in [7, 11) is 0. The van der Waals surface area contributed by atoms with Crippen LogP contribution in [0, 0.1) is 0 Å². The fraction of sp³-hybridized carbons (Fsp3) is 0.400. The molecular formula is C15H16F2N4OS3. The van der Waals surface area contributed by atoms with Crippen molar-refractivity contribution in [1.29, 1.82) is 0 Å². The van der Waals surface area contributed by atoms with Crippen LogP contribution in [0.2, 0.25) is 0 Å². The van der Waals surface area contributed by atoms with Crippen molar-refractivity contribution in [2.45, 2.75) is 46.0 Å². The van der Waals surface area contributed by atoms with Crippen LogP contribution >= 0.6 is 34.9 Å². The Morgan fingerprint density at radius 1 is 1.24 bits per heavy atom. The van der Waals surface area contributed by atoms with Crippen molar-refractivity contribution in [2.24, 2.45) is 0 Å². The fourth-order valence-corrected chi connectivity index (χ4v) is 4.36. The molecule has 1 aromatic carbocycles. The lowest BCUT2D eigenvalue weighted by Gasteiger charge is -2.10. The summed E-state index contributed by atoms with van der Waals surface area (Å²) in [4.78, 5) is 12.7. The number of alkyl halides is 2. The molecule has 25 heavy (non-hydrogen) atoms. The quantitative estimate of drug-likeness (QED) is 0.632. The minimum atomic E-state index is -2.46. The Bertz CT molecular complexity index is 722. The Morgan fingerprint density at radius 2 is 1.96 bits per heavy atom. The SMILES string of the molecule is C[C@H](Sc1nnc(NC2CC2)s1)C(=O)Nc1ccc(SC(F)F)cc1. The molecule has 0 radical (unpaired) electrons. The molecule has 0 saturated heterocycles. The van der Waals surface area contributed by atoms with Crippen molar-refractivity contribution in [1.82, 2.24) is 10.2 Å². The Kier molecular flexibility index (Phi) is 6.13. The number of halogens is 2. The summed E-state index contributed by atoms with van der Waals surface area (Å²) in [5, 5.41) is 14.6. The van der Waals surface area contributed by atoms with Gasteiger partial charge in [0.25, 0.3) is 5.76 Å². The predicted octanol–water partition coefficient (Wildman–Crippen LogP) is 4.55. The van der Waals surface area contributed by atoms with Crippen LogP contribution in [-0.4, -0.2) is 33.2 Å². The van der Waals surface area contributed by atoms with E-state index >= 15 is 0 Å². The first-order chi connectivity index (χ1) is 12.0. The first-order valence-electron chi connectivity index (χ1n) is 7.62. The van der Waals surface area contributed by atoms with E-state index in [-0.39, 0.29) is 11.2 Å². The number of anilines is 2. The Balaban J connectivity index is 1.50. The average molecular weight is 403 g/mol. The number of benzene rings is 1. The summed E-state index contributed by atoms with van der Waals surface area (Å²) < 4.78 is 25.3. The highest BCUT2D eigenvalue weighted by Gasteiger charge is 2.23. The van der Waals surface area contributed by atoms with Gasteiger partial charge in [0.1, 0.15) is 0 Å². The molecule has 1 heterocycles. The second kappa shape index (κ2) is 8.33. The number of rotatable bonds is 8. The van der Waals surface area contributed by atoms with Gasteiger partial charge >= 0.3 is 0 Å². The van der Waals surface area contributed by atoms with E-state index in [0.29, 0.717) is 28.4 Å². The molecule has 1 amide bonds. The van der Waals surface area contributed by atoms with E-state index < -0.39 is 5.76 Å². The molecule has 0 aliphatic heterocycles. The molecule has 1 fully saturated rings. The molecular weight excluding hydrogens is 386 g/mol. The third-order valence-electron chi connectivity index (χ3n) is 3.31. The lowest BCUT2D eigenvalue weighted by atomic mass is 10.3. The number of hydrogen-bond acceptors (Lipinski definition) is 7. The van der Waals surface area contributed by atoms with Gasteiger partial charge in [-0.3, -0.25) is 4.79 Å². The molecule has 0 spiro atoms. The molecule has 1 saturated carbocycles. The number of thioether (sulfide) groups is 2. The maximum Gasteiger partial charge on any atom is 0.288 e. The number of hydrogen-bond donors (Lipinski definition) is 2. The van der Waals surface area contributed by atoms with Crippen molar-refractivity contribution in [3.8, 4) is 0 Å². The summed E-state index contributed by atoms with van der Waals surface area (Å²) in [5.41, 5.74) is 0.574. The van der Waals surface area contributed by atoms with Gasteiger partial charge in [-0.1, -0.05) is 34.9 Å². The zero-order chi connectivity index (χ0) is 17.8. The molecule has 2 aromatic rings. The average Bonchev–Trinajstić information content (AvgIpc) is 3.27. The molecule has 1 atom stereocenters. The van der Waals surface area contributed by atoms with Crippen molar-refractivity contribution in [3.05, 3.63) is 24.3 Å². The highest BCUT2D eigenvalue weighted by molar-refractivity contribution is 8.02. The third kappa shape index (κ3) is 5.82. The van der Waals surface area contributed by atoms with Gasteiger partial charge < -0.3 is 10.6 Å². The molecule has 2 N–H and O–H groups in total. The zero-order valence-corrected chi connectivity index (χ0v) is 15.7. The molecule has 3 rings (SSSR count). The Hall–Kier alpha value is -1.39. The maximum atomic E-state index is 12.3. The Labute approximate surface area is 156 Å². The predicted molar refractivity (Wildman–Crippen MR) is 98.8 cm³/mol. The molecule has 0 unspecified atom stereocenters. The molecule has 5 nitrogen and oxygen atoms in total. The fourth-order valence-electron chi connectivity index (χ4n) is 1.89. The van der Waals surface area contributed by atoms with Crippen LogP contribution < -0.4 is 10.6 Å². The van der Waals surface area contributed by atoms with Gasteiger partial charge in [-0.2, -0.15) is 8.78 Å². The van der Waals surface area contributed by atoms with Crippen molar-refractivity contribution < 1.29 is 13.6 Å². The standard InChI is InChI=1S/C15H16F2N4OS3/c1-8(23-15-21-20-14(25-15)19-10-2-3-10)12(22)18-9-4-6-11(7-5-9)24-13(16)17/h4-8,10,13H,2-3H2,1H3,(H,18,22)(H,19,20)/t8-/m0/s1. The van der Waals surface area contributed by atoms with Crippen LogP contribution in [0.4, 0.5) is 19.6 Å².